The lowest BCUT2D eigenvalue weighted by molar-refractivity contribution is -0.146. The van der Waals surface area contributed by atoms with E-state index in [1.54, 1.807) is 42.5 Å². The second kappa shape index (κ2) is 12.9. The Balaban J connectivity index is 1.52. The minimum Gasteiger partial charge on any atom is -0.493 e. The minimum absolute atomic E-state index is 0.0289. The SMILES string of the molecule is COc1ccc2c(c1OCc1ccccc1)C[C@H](CC(=O)O)N(C(=O)[C@H](Oc1c(F)cc(F)cc1F)c1ccccc1)C2. The smallest absolute Gasteiger partial charge is 0.305 e. The number of fused-ring (bicyclic) bond motifs is 1. The Bertz CT molecular complexity index is 1590. The lowest BCUT2D eigenvalue weighted by atomic mass is 9.90. The van der Waals surface area contributed by atoms with Gasteiger partial charge in [-0.05, 0) is 23.6 Å². The summed E-state index contributed by atoms with van der Waals surface area (Å²) in [4.78, 5) is 27.4. The van der Waals surface area contributed by atoms with Gasteiger partial charge in [-0.25, -0.2) is 13.2 Å². The lowest BCUT2D eigenvalue weighted by Gasteiger charge is -2.39. The third-order valence-electron chi connectivity index (χ3n) is 7.21. The van der Waals surface area contributed by atoms with Crippen molar-refractivity contribution in [3.63, 3.8) is 0 Å². The van der Waals surface area contributed by atoms with Gasteiger partial charge in [0, 0.05) is 35.8 Å². The fourth-order valence-corrected chi connectivity index (χ4v) is 5.17. The van der Waals surface area contributed by atoms with Gasteiger partial charge >= 0.3 is 5.97 Å². The second-order valence-electron chi connectivity index (χ2n) is 10.0. The summed E-state index contributed by atoms with van der Waals surface area (Å²) in [6.07, 6.45) is -1.86. The number of carboxylic acids is 1. The van der Waals surface area contributed by atoms with Crippen molar-refractivity contribution in [2.45, 2.75) is 38.1 Å². The summed E-state index contributed by atoms with van der Waals surface area (Å²) in [5.41, 5.74) is 2.57. The van der Waals surface area contributed by atoms with Crippen LogP contribution in [0.2, 0.25) is 0 Å². The highest BCUT2D eigenvalue weighted by molar-refractivity contribution is 5.84. The van der Waals surface area contributed by atoms with Crippen LogP contribution in [0.1, 0.15) is 34.8 Å². The van der Waals surface area contributed by atoms with E-state index in [0.717, 1.165) is 5.56 Å². The average molecular weight is 592 g/mol. The van der Waals surface area contributed by atoms with Crippen molar-refractivity contribution >= 4 is 11.9 Å². The molecule has 7 nitrogen and oxygen atoms in total. The number of hydrogen-bond donors (Lipinski definition) is 1. The number of carbonyl (C=O) groups excluding carboxylic acids is 1. The number of aliphatic carboxylic acids is 1. The maximum Gasteiger partial charge on any atom is 0.305 e. The third-order valence-corrected chi connectivity index (χ3v) is 7.21. The highest BCUT2D eigenvalue weighted by atomic mass is 19.1. The monoisotopic (exact) mass is 591 g/mol. The van der Waals surface area contributed by atoms with E-state index in [-0.39, 0.29) is 25.1 Å². The molecule has 0 unspecified atom stereocenters. The maximum atomic E-state index is 14.6. The number of ether oxygens (including phenoxy) is 3. The molecule has 0 bridgehead atoms. The molecule has 1 heterocycles. The molecule has 0 saturated carbocycles. The highest BCUT2D eigenvalue weighted by Gasteiger charge is 2.39. The average Bonchev–Trinajstić information content (AvgIpc) is 2.99. The van der Waals surface area contributed by atoms with Gasteiger partial charge in [0.2, 0.25) is 6.10 Å². The molecule has 1 aliphatic heterocycles. The molecule has 0 aliphatic carbocycles. The highest BCUT2D eigenvalue weighted by Crippen LogP contribution is 2.40. The summed E-state index contributed by atoms with van der Waals surface area (Å²) in [7, 11) is 1.50. The van der Waals surface area contributed by atoms with E-state index < -0.39 is 53.6 Å². The van der Waals surface area contributed by atoms with Crippen molar-refractivity contribution in [1.29, 1.82) is 0 Å². The summed E-state index contributed by atoms with van der Waals surface area (Å²) >= 11 is 0. The molecule has 5 rings (SSSR count). The third kappa shape index (κ3) is 6.58. The van der Waals surface area contributed by atoms with Crippen molar-refractivity contribution in [3.8, 4) is 17.2 Å². The van der Waals surface area contributed by atoms with Crippen LogP contribution >= 0.6 is 0 Å². The Morgan fingerprint density at radius 2 is 1.58 bits per heavy atom. The quantitative estimate of drug-likeness (QED) is 0.235. The molecule has 10 heteroatoms. The van der Waals surface area contributed by atoms with E-state index in [2.05, 4.69) is 0 Å². The summed E-state index contributed by atoms with van der Waals surface area (Å²) in [6, 6.07) is 21.0. The molecule has 1 amide bonds. The molecule has 0 spiro atoms. The molecule has 2 atom stereocenters. The molecule has 0 fully saturated rings. The lowest BCUT2D eigenvalue weighted by Crippen LogP contribution is -2.48. The van der Waals surface area contributed by atoms with Crippen molar-refractivity contribution < 1.29 is 42.1 Å². The Morgan fingerprint density at radius 3 is 2.21 bits per heavy atom. The molecular weight excluding hydrogens is 563 g/mol. The molecule has 0 saturated heterocycles. The molecular formula is C33H28F3NO6. The number of hydrogen-bond acceptors (Lipinski definition) is 5. The van der Waals surface area contributed by atoms with Crippen LogP contribution in [0.4, 0.5) is 13.2 Å². The molecule has 222 valence electrons. The van der Waals surface area contributed by atoms with Crippen LogP contribution in [-0.2, 0) is 29.2 Å². The van der Waals surface area contributed by atoms with Crippen molar-refractivity contribution in [1.82, 2.24) is 4.90 Å². The van der Waals surface area contributed by atoms with Gasteiger partial charge in [0.1, 0.15) is 12.4 Å². The fraction of sp³-hybridized carbons (Fsp3) is 0.212. The van der Waals surface area contributed by atoms with Gasteiger partial charge in [-0.15, -0.1) is 0 Å². The number of carboxylic acid groups (broad SMARTS) is 1. The Morgan fingerprint density at radius 1 is 0.930 bits per heavy atom. The first-order valence-corrected chi connectivity index (χ1v) is 13.5. The number of rotatable bonds is 10. The van der Waals surface area contributed by atoms with Gasteiger partial charge in [-0.1, -0.05) is 66.7 Å². The molecule has 1 N–H and O–H groups in total. The Kier molecular flexibility index (Phi) is 8.85. The summed E-state index contributed by atoms with van der Waals surface area (Å²) in [6.45, 7) is 0.206. The first kappa shape index (κ1) is 29.5. The van der Waals surface area contributed by atoms with E-state index in [9.17, 15) is 27.9 Å². The number of amides is 1. The largest absolute Gasteiger partial charge is 0.493 e. The molecule has 0 radical (unpaired) electrons. The van der Waals surface area contributed by atoms with Crippen LogP contribution in [0, 0.1) is 17.5 Å². The predicted octanol–water partition coefficient (Wildman–Crippen LogP) is 6.24. The number of halogens is 3. The first-order valence-electron chi connectivity index (χ1n) is 13.5. The summed E-state index contributed by atoms with van der Waals surface area (Å²) < 4.78 is 60.2. The maximum absolute atomic E-state index is 14.6. The number of benzene rings is 4. The summed E-state index contributed by atoms with van der Waals surface area (Å²) in [5.74, 6) is -5.65. The van der Waals surface area contributed by atoms with Gasteiger partial charge in [-0.2, -0.15) is 0 Å². The zero-order valence-electron chi connectivity index (χ0n) is 23.1. The zero-order chi connectivity index (χ0) is 30.5. The molecule has 4 aromatic carbocycles. The van der Waals surface area contributed by atoms with Gasteiger partial charge < -0.3 is 24.2 Å². The van der Waals surface area contributed by atoms with E-state index in [4.69, 9.17) is 14.2 Å². The van der Waals surface area contributed by atoms with Gasteiger partial charge in [0.15, 0.2) is 28.9 Å². The normalized spacial score (nSPS) is 14.9. The van der Waals surface area contributed by atoms with Crippen molar-refractivity contribution in [3.05, 3.63) is 125 Å². The van der Waals surface area contributed by atoms with Crippen LogP contribution < -0.4 is 14.2 Å². The zero-order valence-corrected chi connectivity index (χ0v) is 23.1. The Labute approximate surface area is 246 Å². The van der Waals surface area contributed by atoms with Crippen LogP contribution in [0.25, 0.3) is 0 Å². The van der Waals surface area contributed by atoms with Crippen LogP contribution in [0.5, 0.6) is 17.2 Å². The van der Waals surface area contributed by atoms with Crippen LogP contribution in [0.3, 0.4) is 0 Å². The minimum atomic E-state index is -1.56. The standard InChI is InChI=1S/C33H28F3NO6/c1-41-28-13-12-22-18-37(24(17-29(38)39)16-25(22)31(28)42-19-20-8-4-2-5-9-20)33(40)30(21-10-6-3-7-11-21)43-32-26(35)14-23(34)15-27(32)36/h2-15,24,30H,16-19H2,1H3,(H,38,39)/t24-,30-/m1/s1. The van der Waals surface area contributed by atoms with E-state index >= 15 is 0 Å². The fourth-order valence-electron chi connectivity index (χ4n) is 5.17. The second-order valence-corrected chi connectivity index (χ2v) is 10.0. The molecule has 1 aliphatic rings. The van der Waals surface area contributed by atoms with Crippen LogP contribution in [0.15, 0.2) is 84.9 Å². The van der Waals surface area contributed by atoms with E-state index in [0.29, 0.717) is 34.8 Å². The molecule has 4 aromatic rings. The van der Waals surface area contributed by atoms with Crippen molar-refractivity contribution in [2.24, 2.45) is 0 Å². The van der Waals surface area contributed by atoms with E-state index in [1.807, 2.05) is 30.3 Å². The van der Waals surface area contributed by atoms with E-state index in [1.165, 1.54) is 12.0 Å². The predicted molar refractivity (Wildman–Crippen MR) is 150 cm³/mol. The number of methoxy groups -OCH3 is 1. The Hall–Kier alpha value is -4.99. The van der Waals surface area contributed by atoms with Gasteiger partial charge in [-0.3, -0.25) is 9.59 Å². The first-order chi connectivity index (χ1) is 20.7. The van der Waals surface area contributed by atoms with Gasteiger partial charge in [0.25, 0.3) is 5.91 Å². The topological polar surface area (TPSA) is 85.3 Å². The molecule has 43 heavy (non-hydrogen) atoms. The number of nitrogens with zero attached hydrogens (tertiary/aromatic N) is 1. The van der Waals surface area contributed by atoms with Crippen molar-refractivity contribution in [2.75, 3.05) is 7.11 Å². The summed E-state index contributed by atoms with van der Waals surface area (Å²) in [5, 5.41) is 9.77. The van der Waals surface area contributed by atoms with Gasteiger partial charge in [0.05, 0.1) is 13.5 Å². The van der Waals surface area contributed by atoms with Crippen LogP contribution in [-0.4, -0.2) is 35.0 Å². The molecule has 0 aromatic heterocycles. The number of carbonyl (C=O) groups is 2.